The van der Waals surface area contributed by atoms with Gasteiger partial charge in [0.25, 0.3) is 0 Å². The lowest BCUT2D eigenvalue weighted by atomic mass is 10.5. The van der Waals surface area contributed by atoms with Crippen LogP contribution >= 0.6 is 15.9 Å². The normalized spacial score (nSPS) is 10.7. The summed E-state index contributed by atoms with van der Waals surface area (Å²) in [6, 6.07) is 5.67. The Labute approximate surface area is 99.6 Å². The second-order valence-electron chi connectivity index (χ2n) is 3.17. The Hall–Kier alpha value is -0.610. The third-order valence-electron chi connectivity index (χ3n) is 2.24. The van der Waals surface area contributed by atoms with Crippen molar-refractivity contribution < 1.29 is 4.74 Å². The van der Waals surface area contributed by atoms with Crippen LogP contribution in [0.1, 0.15) is 13.8 Å². The predicted octanol–water partition coefficient (Wildman–Crippen LogP) is 2.56. The highest BCUT2D eigenvalue weighted by Gasteiger charge is 2.00. The van der Waals surface area contributed by atoms with Gasteiger partial charge in [-0.1, -0.05) is 19.9 Å². The minimum Gasteiger partial charge on any atom is -0.476 e. The monoisotopic (exact) mass is 272 g/mol. The molecule has 1 heterocycles. The first-order chi connectivity index (χ1) is 7.26. The molecule has 4 heteroatoms. The van der Waals surface area contributed by atoms with Crippen LogP contribution in [-0.4, -0.2) is 36.1 Å². The second-order valence-corrected chi connectivity index (χ2v) is 3.99. The van der Waals surface area contributed by atoms with Gasteiger partial charge in [0.2, 0.25) is 5.88 Å². The summed E-state index contributed by atoms with van der Waals surface area (Å²) in [6.45, 7) is 8.06. The number of aromatic nitrogens is 1. The molecule has 0 spiro atoms. The van der Waals surface area contributed by atoms with Crippen molar-refractivity contribution in [3.63, 3.8) is 0 Å². The maximum atomic E-state index is 5.54. The van der Waals surface area contributed by atoms with E-state index in [1.807, 2.05) is 18.2 Å². The molecule has 1 aromatic rings. The third-order valence-corrected chi connectivity index (χ3v) is 2.68. The van der Waals surface area contributed by atoms with Crippen LogP contribution in [0.4, 0.5) is 0 Å². The van der Waals surface area contributed by atoms with Crippen LogP contribution < -0.4 is 4.74 Å². The van der Waals surface area contributed by atoms with Crippen molar-refractivity contribution >= 4 is 15.9 Å². The summed E-state index contributed by atoms with van der Waals surface area (Å²) < 4.78 is 6.35. The molecule has 0 aliphatic carbocycles. The van der Waals surface area contributed by atoms with Gasteiger partial charge in [-0.15, -0.1) is 0 Å². The van der Waals surface area contributed by atoms with Gasteiger partial charge in [-0.3, -0.25) is 0 Å². The van der Waals surface area contributed by atoms with Crippen LogP contribution in [-0.2, 0) is 0 Å². The van der Waals surface area contributed by atoms with Crippen molar-refractivity contribution in [1.29, 1.82) is 0 Å². The molecule has 0 aromatic carbocycles. The minimum atomic E-state index is 0.677. The molecular weight excluding hydrogens is 256 g/mol. The molecule has 0 N–H and O–H groups in total. The molecule has 0 fully saturated rings. The van der Waals surface area contributed by atoms with Crippen LogP contribution in [0.2, 0.25) is 0 Å². The standard InChI is InChI=1S/C11H17BrN2O/c1-3-14(4-2)8-9-15-11-7-5-6-10(12)13-11/h5-7H,3-4,8-9H2,1-2H3. The Morgan fingerprint density at radius 2 is 2.07 bits per heavy atom. The lowest BCUT2D eigenvalue weighted by Gasteiger charge is -2.17. The zero-order valence-corrected chi connectivity index (χ0v) is 10.8. The zero-order valence-electron chi connectivity index (χ0n) is 9.24. The summed E-state index contributed by atoms with van der Waals surface area (Å²) in [6.07, 6.45) is 0. The maximum absolute atomic E-state index is 5.54. The maximum Gasteiger partial charge on any atom is 0.214 e. The number of halogens is 1. The number of hydrogen-bond donors (Lipinski definition) is 0. The Morgan fingerprint density at radius 3 is 2.67 bits per heavy atom. The first-order valence-electron chi connectivity index (χ1n) is 5.24. The topological polar surface area (TPSA) is 25.4 Å². The molecule has 0 aliphatic rings. The highest BCUT2D eigenvalue weighted by atomic mass is 79.9. The van der Waals surface area contributed by atoms with Crippen LogP contribution in [0.3, 0.4) is 0 Å². The molecule has 1 aromatic heterocycles. The lowest BCUT2D eigenvalue weighted by Crippen LogP contribution is -2.28. The number of rotatable bonds is 6. The van der Waals surface area contributed by atoms with E-state index in [4.69, 9.17) is 4.74 Å². The Kier molecular flexibility index (Phi) is 5.65. The molecule has 0 saturated heterocycles. The van der Waals surface area contributed by atoms with Gasteiger partial charge < -0.3 is 9.64 Å². The van der Waals surface area contributed by atoms with Crippen LogP contribution in [0, 0.1) is 0 Å². The van der Waals surface area contributed by atoms with Gasteiger partial charge in [-0.05, 0) is 35.1 Å². The summed E-state index contributed by atoms with van der Waals surface area (Å²) in [5.41, 5.74) is 0. The first-order valence-corrected chi connectivity index (χ1v) is 6.03. The number of ether oxygens (including phenoxy) is 1. The van der Waals surface area contributed by atoms with Crippen LogP contribution in [0.15, 0.2) is 22.8 Å². The fraction of sp³-hybridized carbons (Fsp3) is 0.545. The van der Waals surface area contributed by atoms with Crippen molar-refractivity contribution in [1.82, 2.24) is 9.88 Å². The van der Waals surface area contributed by atoms with Crippen LogP contribution in [0.25, 0.3) is 0 Å². The van der Waals surface area contributed by atoms with Gasteiger partial charge in [0.05, 0.1) is 0 Å². The molecule has 84 valence electrons. The van der Waals surface area contributed by atoms with E-state index in [1.165, 1.54) is 0 Å². The van der Waals surface area contributed by atoms with E-state index < -0.39 is 0 Å². The zero-order chi connectivity index (χ0) is 11.1. The summed E-state index contributed by atoms with van der Waals surface area (Å²) in [5.74, 6) is 0.677. The predicted molar refractivity (Wildman–Crippen MR) is 65.2 cm³/mol. The summed E-state index contributed by atoms with van der Waals surface area (Å²) in [7, 11) is 0. The molecule has 1 rings (SSSR count). The van der Waals surface area contributed by atoms with Crippen LogP contribution in [0.5, 0.6) is 5.88 Å². The van der Waals surface area contributed by atoms with E-state index in [0.717, 1.165) is 24.2 Å². The molecule has 0 amide bonds. The fourth-order valence-electron chi connectivity index (χ4n) is 1.29. The first kappa shape index (κ1) is 12.5. The third kappa shape index (κ3) is 4.62. The number of likely N-dealkylation sites (N-methyl/N-ethyl adjacent to an activating group) is 1. The average molecular weight is 273 g/mol. The van der Waals surface area contributed by atoms with E-state index in [0.29, 0.717) is 12.5 Å². The fourth-order valence-corrected chi connectivity index (χ4v) is 1.62. The largest absolute Gasteiger partial charge is 0.476 e. The van der Waals surface area contributed by atoms with Gasteiger partial charge >= 0.3 is 0 Å². The van der Waals surface area contributed by atoms with E-state index in [-0.39, 0.29) is 0 Å². The number of nitrogens with zero attached hydrogens (tertiary/aromatic N) is 2. The van der Waals surface area contributed by atoms with Gasteiger partial charge in [0.15, 0.2) is 0 Å². The number of pyridine rings is 1. The quantitative estimate of drug-likeness (QED) is 0.745. The average Bonchev–Trinajstić information content (AvgIpc) is 2.25. The minimum absolute atomic E-state index is 0.677. The molecule has 0 atom stereocenters. The number of hydrogen-bond acceptors (Lipinski definition) is 3. The molecule has 0 aliphatic heterocycles. The SMILES string of the molecule is CCN(CC)CCOc1cccc(Br)n1. The molecular formula is C11H17BrN2O. The van der Waals surface area contributed by atoms with Crippen molar-refractivity contribution in [2.45, 2.75) is 13.8 Å². The Morgan fingerprint density at radius 1 is 1.33 bits per heavy atom. The van der Waals surface area contributed by atoms with Crippen molar-refractivity contribution in [2.24, 2.45) is 0 Å². The van der Waals surface area contributed by atoms with Gasteiger partial charge in [-0.2, -0.15) is 0 Å². The molecule has 0 radical (unpaired) electrons. The highest BCUT2D eigenvalue weighted by Crippen LogP contribution is 2.11. The smallest absolute Gasteiger partial charge is 0.214 e. The Balaban J connectivity index is 2.31. The van der Waals surface area contributed by atoms with Crippen molar-refractivity contribution in [3.8, 4) is 5.88 Å². The van der Waals surface area contributed by atoms with Crippen molar-refractivity contribution in [3.05, 3.63) is 22.8 Å². The van der Waals surface area contributed by atoms with Gasteiger partial charge in [-0.25, -0.2) is 4.98 Å². The van der Waals surface area contributed by atoms with E-state index in [2.05, 4.69) is 39.7 Å². The summed E-state index contributed by atoms with van der Waals surface area (Å²) in [5, 5.41) is 0. The second kappa shape index (κ2) is 6.80. The molecule has 3 nitrogen and oxygen atoms in total. The van der Waals surface area contributed by atoms with E-state index in [1.54, 1.807) is 0 Å². The molecule has 0 saturated carbocycles. The van der Waals surface area contributed by atoms with Gasteiger partial charge in [0, 0.05) is 12.6 Å². The molecule has 15 heavy (non-hydrogen) atoms. The lowest BCUT2D eigenvalue weighted by molar-refractivity contribution is 0.218. The summed E-state index contributed by atoms with van der Waals surface area (Å²) >= 11 is 3.31. The molecule has 0 bridgehead atoms. The van der Waals surface area contributed by atoms with Gasteiger partial charge in [0.1, 0.15) is 11.2 Å². The van der Waals surface area contributed by atoms with Crippen molar-refractivity contribution in [2.75, 3.05) is 26.2 Å². The highest BCUT2D eigenvalue weighted by molar-refractivity contribution is 9.10. The van der Waals surface area contributed by atoms with E-state index >= 15 is 0 Å². The van der Waals surface area contributed by atoms with E-state index in [9.17, 15) is 0 Å². The molecule has 0 unspecified atom stereocenters. The summed E-state index contributed by atoms with van der Waals surface area (Å²) in [4.78, 5) is 6.52. The Bertz CT molecular complexity index is 290.